The predicted octanol–water partition coefficient (Wildman–Crippen LogP) is 5.03. The first-order chi connectivity index (χ1) is 12.9. The van der Waals surface area contributed by atoms with Crippen molar-refractivity contribution < 1.29 is 9.84 Å². The number of aryl methyl sites for hydroxylation is 1. The first-order valence-electron chi connectivity index (χ1n) is 9.73. The summed E-state index contributed by atoms with van der Waals surface area (Å²) in [5.74, 6) is 2.52. The maximum atomic E-state index is 10.7. The number of para-hydroxylation sites is 2. The summed E-state index contributed by atoms with van der Waals surface area (Å²) >= 11 is 0. The Hall–Kier alpha value is -2.33. The molecule has 1 N–H and O–H groups in total. The van der Waals surface area contributed by atoms with Crippen molar-refractivity contribution in [2.75, 3.05) is 6.61 Å². The number of aliphatic hydroxyl groups is 1. The van der Waals surface area contributed by atoms with Crippen LogP contribution in [0.2, 0.25) is 0 Å². The smallest absolute Gasteiger partial charge is 0.123 e. The third kappa shape index (κ3) is 4.33. The second-order valence-corrected chi connectivity index (χ2v) is 7.88. The van der Waals surface area contributed by atoms with Gasteiger partial charge in [0.25, 0.3) is 0 Å². The van der Waals surface area contributed by atoms with E-state index in [1.54, 1.807) is 0 Å². The minimum Gasteiger partial charge on any atom is -0.491 e. The van der Waals surface area contributed by atoms with Crippen molar-refractivity contribution in [3.05, 3.63) is 59.4 Å². The van der Waals surface area contributed by atoms with Crippen molar-refractivity contribution >= 4 is 11.0 Å². The zero-order valence-corrected chi connectivity index (χ0v) is 16.9. The van der Waals surface area contributed by atoms with Crippen LogP contribution in [-0.2, 0) is 6.54 Å². The number of hydrogen-bond acceptors (Lipinski definition) is 3. The summed E-state index contributed by atoms with van der Waals surface area (Å²) in [5, 5.41) is 10.7. The maximum Gasteiger partial charge on any atom is 0.123 e. The lowest BCUT2D eigenvalue weighted by Crippen LogP contribution is -2.25. The van der Waals surface area contributed by atoms with Gasteiger partial charge < -0.3 is 14.4 Å². The van der Waals surface area contributed by atoms with Gasteiger partial charge in [-0.1, -0.05) is 52.0 Å². The van der Waals surface area contributed by atoms with E-state index in [4.69, 9.17) is 9.72 Å². The van der Waals surface area contributed by atoms with Crippen molar-refractivity contribution in [3.63, 3.8) is 0 Å². The molecule has 3 rings (SSSR count). The number of rotatable bonds is 7. The van der Waals surface area contributed by atoms with Crippen LogP contribution in [0.25, 0.3) is 11.0 Å². The highest BCUT2D eigenvalue weighted by atomic mass is 16.5. The van der Waals surface area contributed by atoms with Gasteiger partial charge in [-0.25, -0.2) is 4.98 Å². The molecule has 0 aliphatic carbocycles. The molecule has 0 saturated heterocycles. The number of aliphatic hydroxyl groups excluding tert-OH is 1. The Bertz CT molecular complexity index is 912. The molecule has 4 heteroatoms. The Morgan fingerprint density at radius 3 is 2.48 bits per heavy atom. The van der Waals surface area contributed by atoms with Gasteiger partial charge in [0.05, 0.1) is 17.6 Å². The second kappa shape index (κ2) is 8.13. The zero-order valence-electron chi connectivity index (χ0n) is 16.9. The number of hydrogen-bond donors (Lipinski definition) is 1. The van der Waals surface area contributed by atoms with Crippen molar-refractivity contribution in [2.24, 2.45) is 0 Å². The molecule has 1 unspecified atom stereocenters. The first kappa shape index (κ1) is 19.4. The van der Waals surface area contributed by atoms with Crippen LogP contribution < -0.4 is 4.74 Å². The molecule has 0 aliphatic heterocycles. The number of nitrogens with zero attached hydrogens (tertiary/aromatic N) is 2. The Kier molecular flexibility index (Phi) is 5.85. The fraction of sp³-hybridized carbons (Fsp3) is 0.435. The molecule has 0 amide bonds. The zero-order chi connectivity index (χ0) is 19.6. The molecular formula is C23H30N2O2. The van der Waals surface area contributed by atoms with E-state index in [1.807, 2.05) is 24.3 Å². The van der Waals surface area contributed by atoms with Crippen LogP contribution in [0.3, 0.4) is 0 Å². The summed E-state index contributed by atoms with van der Waals surface area (Å²) in [6.07, 6.45) is -0.611. The van der Waals surface area contributed by atoms with Gasteiger partial charge in [-0.2, -0.15) is 0 Å². The Morgan fingerprint density at radius 1 is 1.04 bits per heavy atom. The van der Waals surface area contributed by atoms with Gasteiger partial charge in [0.15, 0.2) is 0 Å². The van der Waals surface area contributed by atoms with Crippen molar-refractivity contribution in [3.8, 4) is 5.75 Å². The molecule has 3 aromatic rings. The van der Waals surface area contributed by atoms with E-state index < -0.39 is 6.10 Å². The molecule has 0 fully saturated rings. The summed E-state index contributed by atoms with van der Waals surface area (Å²) in [4.78, 5) is 4.74. The van der Waals surface area contributed by atoms with E-state index in [-0.39, 0.29) is 12.5 Å². The SMILES string of the molecule is Cc1ccc(C(C)C)c(OCC(O)Cn2c(C(C)C)nc3ccccc32)c1. The van der Waals surface area contributed by atoms with Gasteiger partial charge in [-0.05, 0) is 42.2 Å². The van der Waals surface area contributed by atoms with Crippen LogP contribution in [0.5, 0.6) is 5.75 Å². The van der Waals surface area contributed by atoms with Crippen LogP contribution in [0.15, 0.2) is 42.5 Å². The topological polar surface area (TPSA) is 47.3 Å². The second-order valence-electron chi connectivity index (χ2n) is 7.88. The molecule has 4 nitrogen and oxygen atoms in total. The quantitative estimate of drug-likeness (QED) is 0.638. The van der Waals surface area contributed by atoms with Crippen LogP contribution in [0.1, 0.15) is 56.5 Å². The van der Waals surface area contributed by atoms with Crippen molar-refractivity contribution in [2.45, 2.75) is 59.1 Å². The van der Waals surface area contributed by atoms with Crippen LogP contribution in [0.4, 0.5) is 0 Å². The van der Waals surface area contributed by atoms with E-state index >= 15 is 0 Å². The number of aromatic nitrogens is 2. The van der Waals surface area contributed by atoms with Gasteiger partial charge in [-0.15, -0.1) is 0 Å². The Labute approximate surface area is 161 Å². The summed E-state index contributed by atoms with van der Waals surface area (Å²) < 4.78 is 8.14. The Balaban J connectivity index is 1.78. The highest BCUT2D eigenvalue weighted by molar-refractivity contribution is 5.76. The molecule has 144 valence electrons. The highest BCUT2D eigenvalue weighted by Crippen LogP contribution is 2.28. The summed E-state index contributed by atoms with van der Waals surface area (Å²) in [5.41, 5.74) is 4.35. The first-order valence-corrected chi connectivity index (χ1v) is 9.73. The molecule has 1 heterocycles. The van der Waals surface area contributed by atoms with Gasteiger partial charge in [0.2, 0.25) is 0 Å². The number of ether oxygens (including phenoxy) is 1. The monoisotopic (exact) mass is 366 g/mol. The minimum absolute atomic E-state index is 0.257. The lowest BCUT2D eigenvalue weighted by atomic mass is 10.0. The molecule has 2 aromatic carbocycles. The van der Waals surface area contributed by atoms with Gasteiger partial charge >= 0.3 is 0 Å². The summed E-state index contributed by atoms with van der Waals surface area (Å²) in [7, 11) is 0. The fourth-order valence-electron chi connectivity index (χ4n) is 3.42. The van der Waals surface area contributed by atoms with E-state index in [0.29, 0.717) is 12.5 Å². The van der Waals surface area contributed by atoms with Crippen LogP contribution in [-0.4, -0.2) is 27.4 Å². The largest absolute Gasteiger partial charge is 0.491 e. The molecule has 1 atom stereocenters. The van der Waals surface area contributed by atoms with E-state index in [9.17, 15) is 5.11 Å². The third-order valence-corrected chi connectivity index (χ3v) is 4.82. The number of fused-ring (bicyclic) bond motifs is 1. The molecule has 0 aliphatic rings. The van der Waals surface area contributed by atoms with E-state index in [0.717, 1.165) is 28.2 Å². The van der Waals surface area contributed by atoms with Crippen LogP contribution >= 0.6 is 0 Å². The Morgan fingerprint density at radius 2 is 1.78 bits per heavy atom. The number of benzene rings is 2. The van der Waals surface area contributed by atoms with Crippen LogP contribution in [0, 0.1) is 6.92 Å². The molecule has 0 radical (unpaired) electrons. The summed E-state index contributed by atoms with van der Waals surface area (Å²) in [6, 6.07) is 14.3. The number of imidazole rings is 1. The molecule has 1 aromatic heterocycles. The van der Waals surface area contributed by atoms with Gasteiger partial charge in [0.1, 0.15) is 24.3 Å². The van der Waals surface area contributed by atoms with E-state index in [1.165, 1.54) is 5.56 Å². The molecule has 0 bridgehead atoms. The minimum atomic E-state index is -0.611. The molecule has 27 heavy (non-hydrogen) atoms. The average Bonchev–Trinajstić information content (AvgIpc) is 2.99. The van der Waals surface area contributed by atoms with Gasteiger partial charge in [-0.3, -0.25) is 0 Å². The van der Waals surface area contributed by atoms with Crippen molar-refractivity contribution in [1.82, 2.24) is 9.55 Å². The lowest BCUT2D eigenvalue weighted by Gasteiger charge is -2.19. The third-order valence-electron chi connectivity index (χ3n) is 4.82. The molecule has 0 saturated carbocycles. The maximum absolute atomic E-state index is 10.7. The highest BCUT2D eigenvalue weighted by Gasteiger charge is 2.17. The van der Waals surface area contributed by atoms with E-state index in [2.05, 4.69) is 57.4 Å². The average molecular weight is 367 g/mol. The standard InChI is InChI=1S/C23H30N2O2/c1-15(2)19-11-10-17(5)12-22(19)27-14-18(26)13-25-21-9-7-6-8-20(21)24-23(25)16(3)4/h6-12,15-16,18,26H,13-14H2,1-5H3. The lowest BCUT2D eigenvalue weighted by molar-refractivity contribution is 0.0919. The van der Waals surface area contributed by atoms with Gasteiger partial charge in [0, 0.05) is 5.92 Å². The predicted molar refractivity (Wildman–Crippen MR) is 111 cm³/mol. The summed E-state index contributed by atoms with van der Waals surface area (Å²) in [6.45, 7) is 11.3. The van der Waals surface area contributed by atoms with Crippen molar-refractivity contribution in [1.29, 1.82) is 0 Å². The normalized spacial score (nSPS) is 12.9. The molecular weight excluding hydrogens is 336 g/mol. The molecule has 0 spiro atoms. The fourth-order valence-corrected chi connectivity index (χ4v) is 3.42.